The summed E-state index contributed by atoms with van der Waals surface area (Å²) in [5, 5.41) is 11.9. The summed E-state index contributed by atoms with van der Waals surface area (Å²) in [6.45, 7) is 2.07. The Hall–Kier alpha value is -1.07. The number of carbonyl (C=O) groups is 1. The second-order valence-corrected chi connectivity index (χ2v) is 4.33. The molecule has 2 N–H and O–H groups in total. The number of aryl methyl sites for hydroxylation is 1. The summed E-state index contributed by atoms with van der Waals surface area (Å²) in [5.74, 6) is -0.935. The van der Waals surface area contributed by atoms with Crippen LogP contribution in [0.15, 0.2) is 22.7 Å². The lowest BCUT2D eigenvalue weighted by molar-refractivity contribution is -0.139. The van der Waals surface area contributed by atoms with Crippen LogP contribution in [0, 0.1) is 6.92 Å². The van der Waals surface area contributed by atoms with Gasteiger partial charge in [0.1, 0.15) is 6.04 Å². The number of rotatable bonds is 5. The highest BCUT2D eigenvalue weighted by atomic mass is 79.9. The summed E-state index contributed by atoms with van der Waals surface area (Å²) < 4.78 is 5.68. The molecule has 16 heavy (non-hydrogen) atoms. The topological polar surface area (TPSA) is 58.6 Å². The first-order valence-electron chi connectivity index (χ1n) is 4.79. The number of hydrogen-bond donors (Lipinski definition) is 2. The van der Waals surface area contributed by atoms with Crippen LogP contribution < -0.4 is 5.32 Å². The van der Waals surface area contributed by atoms with Crippen molar-refractivity contribution in [1.29, 1.82) is 0 Å². The second kappa shape index (κ2) is 5.86. The van der Waals surface area contributed by atoms with Gasteiger partial charge in [0.2, 0.25) is 0 Å². The average Bonchev–Trinajstić information content (AvgIpc) is 2.22. The molecule has 0 spiro atoms. The maximum atomic E-state index is 10.9. The van der Waals surface area contributed by atoms with Crippen molar-refractivity contribution in [3.8, 4) is 0 Å². The van der Waals surface area contributed by atoms with Crippen molar-refractivity contribution < 1.29 is 14.6 Å². The van der Waals surface area contributed by atoms with Crippen LogP contribution in [0.4, 0.5) is 5.69 Å². The molecule has 4 nitrogen and oxygen atoms in total. The van der Waals surface area contributed by atoms with E-state index < -0.39 is 12.0 Å². The zero-order chi connectivity index (χ0) is 12.1. The predicted octanol–water partition coefficient (Wildman–Crippen LogP) is 2.27. The lowest BCUT2D eigenvalue weighted by Gasteiger charge is -2.16. The number of benzene rings is 1. The van der Waals surface area contributed by atoms with E-state index in [1.54, 1.807) is 0 Å². The van der Waals surface area contributed by atoms with Gasteiger partial charge in [0.25, 0.3) is 0 Å². The van der Waals surface area contributed by atoms with Crippen LogP contribution in [0.1, 0.15) is 5.56 Å². The normalized spacial score (nSPS) is 12.2. The van der Waals surface area contributed by atoms with Crippen molar-refractivity contribution in [2.24, 2.45) is 0 Å². The zero-order valence-corrected chi connectivity index (χ0v) is 10.7. The van der Waals surface area contributed by atoms with Gasteiger partial charge in [-0.3, -0.25) is 0 Å². The first kappa shape index (κ1) is 13.0. The van der Waals surface area contributed by atoms with Crippen LogP contribution in [0.2, 0.25) is 0 Å². The number of carboxylic acid groups (broad SMARTS) is 1. The van der Waals surface area contributed by atoms with Crippen LogP contribution in [-0.2, 0) is 9.53 Å². The predicted molar refractivity (Wildman–Crippen MR) is 65.8 cm³/mol. The highest BCUT2D eigenvalue weighted by Gasteiger charge is 2.17. The van der Waals surface area contributed by atoms with Gasteiger partial charge in [-0.1, -0.05) is 6.07 Å². The van der Waals surface area contributed by atoms with Crippen molar-refractivity contribution in [2.75, 3.05) is 19.0 Å². The number of carboxylic acids is 1. The van der Waals surface area contributed by atoms with Gasteiger partial charge in [0.05, 0.1) is 6.61 Å². The fraction of sp³-hybridized carbons (Fsp3) is 0.364. The lowest BCUT2D eigenvalue weighted by Crippen LogP contribution is -2.33. The molecule has 0 heterocycles. The highest BCUT2D eigenvalue weighted by molar-refractivity contribution is 9.10. The molecule has 0 saturated carbocycles. The largest absolute Gasteiger partial charge is 0.480 e. The minimum atomic E-state index is -0.935. The number of nitrogens with one attached hydrogen (secondary N) is 1. The molecule has 0 aliphatic rings. The Morgan fingerprint density at radius 3 is 2.88 bits per heavy atom. The van der Waals surface area contributed by atoms with Crippen molar-refractivity contribution in [1.82, 2.24) is 0 Å². The maximum Gasteiger partial charge on any atom is 0.328 e. The Morgan fingerprint density at radius 2 is 2.31 bits per heavy atom. The van der Waals surface area contributed by atoms with E-state index in [4.69, 9.17) is 9.84 Å². The van der Waals surface area contributed by atoms with Gasteiger partial charge in [-0.25, -0.2) is 4.79 Å². The molecule has 0 bridgehead atoms. The second-order valence-electron chi connectivity index (χ2n) is 3.47. The number of halogens is 1. The molecule has 0 fully saturated rings. The summed E-state index contributed by atoms with van der Waals surface area (Å²) in [6, 6.07) is 4.96. The molecule has 88 valence electrons. The van der Waals surface area contributed by atoms with Crippen molar-refractivity contribution >= 4 is 27.6 Å². The van der Waals surface area contributed by atoms with E-state index in [1.807, 2.05) is 25.1 Å². The number of aliphatic carboxylic acids is 1. The Bertz CT molecular complexity index is 381. The van der Waals surface area contributed by atoms with Gasteiger partial charge >= 0.3 is 5.97 Å². The van der Waals surface area contributed by atoms with E-state index in [2.05, 4.69) is 21.2 Å². The van der Waals surface area contributed by atoms with E-state index in [1.165, 1.54) is 7.11 Å². The molecule has 1 atom stereocenters. The fourth-order valence-electron chi connectivity index (χ4n) is 1.28. The van der Waals surface area contributed by atoms with Gasteiger partial charge in [0, 0.05) is 17.3 Å². The molecule has 0 aromatic heterocycles. The fourth-order valence-corrected chi connectivity index (χ4v) is 1.64. The van der Waals surface area contributed by atoms with Gasteiger partial charge in [0.15, 0.2) is 0 Å². The van der Waals surface area contributed by atoms with Crippen LogP contribution in [0.3, 0.4) is 0 Å². The van der Waals surface area contributed by atoms with Gasteiger partial charge in [-0.05, 0) is 40.5 Å². The summed E-state index contributed by atoms with van der Waals surface area (Å²) in [5.41, 5.74) is 1.82. The monoisotopic (exact) mass is 287 g/mol. The Balaban J connectivity index is 2.84. The third kappa shape index (κ3) is 3.50. The number of hydrogen-bond acceptors (Lipinski definition) is 3. The van der Waals surface area contributed by atoms with Crippen LogP contribution >= 0.6 is 15.9 Å². The smallest absolute Gasteiger partial charge is 0.328 e. The quantitative estimate of drug-likeness (QED) is 0.872. The van der Waals surface area contributed by atoms with Crippen LogP contribution in [0.5, 0.6) is 0 Å². The van der Waals surface area contributed by atoms with E-state index in [0.717, 1.165) is 15.7 Å². The molecule has 5 heteroatoms. The van der Waals surface area contributed by atoms with E-state index in [9.17, 15) is 4.79 Å². The van der Waals surface area contributed by atoms with Gasteiger partial charge < -0.3 is 15.2 Å². The van der Waals surface area contributed by atoms with E-state index in [-0.39, 0.29) is 6.61 Å². The first-order chi connectivity index (χ1) is 7.54. The number of methoxy groups -OCH3 is 1. The number of ether oxygens (including phenoxy) is 1. The SMILES string of the molecule is COCC(Nc1cc(C)ccc1Br)C(=O)O. The Labute approximate surface area is 103 Å². The van der Waals surface area contributed by atoms with Crippen molar-refractivity contribution in [3.05, 3.63) is 28.2 Å². The molecule has 1 aromatic rings. The zero-order valence-electron chi connectivity index (χ0n) is 9.16. The molecular formula is C11H14BrNO3. The number of anilines is 1. The minimum absolute atomic E-state index is 0.121. The summed E-state index contributed by atoms with van der Waals surface area (Å²) >= 11 is 3.36. The van der Waals surface area contributed by atoms with Gasteiger partial charge in [-0.2, -0.15) is 0 Å². The molecule has 0 radical (unpaired) electrons. The lowest BCUT2D eigenvalue weighted by atomic mass is 10.2. The summed E-state index contributed by atoms with van der Waals surface area (Å²) in [7, 11) is 1.48. The van der Waals surface area contributed by atoms with Crippen molar-refractivity contribution in [3.63, 3.8) is 0 Å². The van der Waals surface area contributed by atoms with Gasteiger partial charge in [-0.15, -0.1) is 0 Å². The molecule has 1 aromatic carbocycles. The van der Waals surface area contributed by atoms with Crippen molar-refractivity contribution in [2.45, 2.75) is 13.0 Å². The summed E-state index contributed by atoms with van der Waals surface area (Å²) in [6.07, 6.45) is 0. The molecule has 1 unspecified atom stereocenters. The minimum Gasteiger partial charge on any atom is -0.480 e. The standard InChI is InChI=1S/C11H14BrNO3/c1-7-3-4-8(12)9(5-7)13-10(6-16-2)11(14)15/h3-5,10,13H,6H2,1-2H3,(H,14,15). The maximum absolute atomic E-state index is 10.9. The third-order valence-electron chi connectivity index (χ3n) is 2.08. The molecular weight excluding hydrogens is 274 g/mol. The molecule has 0 amide bonds. The van der Waals surface area contributed by atoms with Crippen LogP contribution in [0.25, 0.3) is 0 Å². The highest BCUT2D eigenvalue weighted by Crippen LogP contribution is 2.24. The average molecular weight is 288 g/mol. The molecule has 0 saturated heterocycles. The molecule has 0 aliphatic carbocycles. The molecule has 1 rings (SSSR count). The van der Waals surface area contributed by atoms with E-state index >= 15 is 0 Å². The van der Waals surface area contributed by atoms with Crippen LogP contribution in [-0.4, -0.2) is 30.8 Å². The summed E-state index contributed by atoms with van der Waals surface area (Å²) in [4.78, 5) is 10.9. The first-order valence-corrected chi connectivity index (χ1v) is 5.58. The third-order valence-corrected chi connectivity index (χ3v) is 2.77. The van der Waals surface area contributed by atoms with E-state index in [0.29, 0.717) is 0 Å². The Morgan fingerprint density at radius 1 is 1.62 bits per heavy atom. The Kier molecular flexibility index (Phi) is 4.76. The molecule has 0 aliphatic heterocycles.